The van der Waals surface area contributed by atoms with E-state index in [9.17, 15) is 13.2 Å². The second kappa shape index (κ2) is 12.0. The van der Waals surface area contributed by atoms with Gasteiger partial charge in [0, 0.05) is 57.9 Å². The van der Waals surface area contributed by atoms with Crippen LogP contribution in [-0.2, 0) is 10.0 Å². The highest BCUT2D eigenvalue weighted by atomic mass is 35.5. The zero-order valence-corrected chi connectivity index (χ0v) is 24.6. The number of methoxy groups -OCH3 is 1. The minimum Gasteiger partial charge on any atom is -0.493 e. The van der Waals surface area contributed by atoms with Crippen LogP contribution in [0, 0.1) is 5.92 Å². The maximum absolute atomic E-state index is 12.9. The Kier molecular flexibility index (Phi) is 8.63. The molecular formula is C27H34ClN5O4S2. The number of amides is 1. The lowest BCUT2D eigenvalue weighted by Gasteiger charge is -2.34. The summed E-state index contributed by atoms with van der Waals surface area (Å²) in [5, 5.41) is 4.48. The normalized spacial score (nSPS) is 18.0. The first-order chi connectivity index (χ1) is 18.8. The molecule has 9 nitrogen and oxygen atoms in total. The molecule has 3 aromatic rings. The Hall–Kier alpha value is -2.44. The third-order valence-electron chi connectivity index (χ3n) is 7.51. The average molecular weight is 592 g/mol. The smallest absolute Gasteiger partial charge is 0.251 e. The van der Waals surface area contributed by atoms with E-state index in [0.29, 0.717) is 41.9 Å². The molecule has 12 heteroatoms. The molecular weight excluding hydrogens is 558 g/mol. The van der Waals surface area contributed by atoms with Crippen LogP contribution in [-0.4, -0.2) is 88.0 Å². The highest BCUT2D eigenvalue weighted by Gasteiger charge is 2.28. The maximum atomic E-state index is 12.9. The molecule has 2 aliphatic rings. The fourth-order valence-corrected chi connectivity index (χ4v) is 7.72. The molecule has 1 N–H and O–H groups in total. The van der Waals surface area contributed by atoms with Crippen molar-refractivity contribution < 1.29 is 17.9 Å². The van der Waals surface area contributed by atoms with Crippen LogP contribution in [0.15, 0.2) is 41.3 Å². The fraction of sp³-hybridized carbons (Fsp3) is 0.481. The molecule has 0 unspecified atom stereocenters. The van der Waals surface area contributed by atoms with Gasteiger partial charge in [0.05, 0.1) is 21.7 Å². The standard InChI is InChI=1S/C27H34ClN5O4S2/c1-19-9-12-33(13-10-19)39(35,36)21-5-3-20(4-6-21)26(34)29-11-14-31-15-17-32(18-16-31)27-30-24-23(38-27)8-7-22(28)25(24)37-2/h3-8,19H,9-18H2,1-2H3,(H,29,34). The Morgan fingerprint density at radius 1 is 1.08 bits per heavy atom. The zero-order chi connectivity index (χ0) is 27.6. The van der Waals surface area contributed by atoms with Crippen molar-refractivity contribution in [2.24, 2.45) is 5.92 Å². The lowest BCUT2D eigenvalue weighted by molar-refractivity contribution is 0.0947. The molecule has 39 heavy (non-hydrogen) atoms. The van der Waals surface area contributed by atoms with Gasteiger partial charge in [-0.1, -0.05) is 29.9 Å². The van der Waals surface area contributed by atoms with Crippen LogP contribution in [0.4, 0.5) is 5.13 Å². The third-order valence-corrected chi connectivity index (χ3v) is 10.8. The van der Waals surface area contributed by atoms with Gasteiger partial charge in [-0.15, -0.1) is 0 Å². The van der Waals surface area contributed by atoms with Gasteiger partial charge in [0.2, 0.25) is 10.0 Å². The Bertz CT molecular complexity index is 1410. The van der Waals surface area contributed by atoms with Crippen molar-refractivity contribution in [3.8, 4) is 5.75 Å². The Morgan fingerprint density at radius 2 is 1.77 bits per heavy atom. The molecule has 210 valence electrons. The number of anilines is 1. The molecule has 0 bridgehead atoms. The first kappa shape index (κ1) is 28.1. The summed E-state index contributed by atoms with van der Waals surface area (Å²) in [6.07, 6.45) is 1.75. The van der Waals surface area contributed by atoms with Crippen molar-refractivity contribution in [2.75, 3.05) is 64.4 Å². The summed E-state index contributed by atoms with van der Waals surface area (Å²) in [5.41, 5.74) is 1.25. The predicted molar refractivity (Wildman–Crippen MR) is 156 cm³/mol. The molecule has 2 aliphatic heterocycles. The van der Waals surface area contributed by atoms with Crippen LogP contribution >= 0.6 is 22.9 Å². The number of benzene rings is 2. The second-order valence-electron chi connectivity index (χ2n) is 10.1. The number of sulfonamides is 1. The van der Waals surface area contributed by atoms with Crippen LogP contribution < -0.4 is 15.0 Å². The lowest BCUT2D eigenvalue weighted by Crippen LogP contribution is -2.48. The van der Waals surface area contributed by atoms with Crippen molar-refractivity contribution in [1.82, 2.24) is 19.5 Å². The maximum Gasteiger partial charge on any atom is 0.251 e. The number of carbonyl (C=O) groups excluding carboxylic acids is 1. The first-order valence-corrected chi connectivity index (χ1v) is 15.9. The van der Waals surface area contributed by atoms with E-state index >= 15 is 0 Å². The van der Waals surface area contributed by atoms with E-state index < -0.39 is 10.0 Å². The van der Waals surface area contributed by atoms with Gasteiger partial charge in [-0.3, -0.25) is 9.69 Å². The molecule has 0 atom stereocenters. The first-order valence-electron chi connectivity index (χ1n) is 13.2. The Morgan fingerprint density at radius 3 is 2.44 bits per heavy atom. The minimum absolute atomic E-state index is 0.202. The summed E-state index contributed by atoms with van der Waals surface area (Å²) in [7, 11) is -1.92. The van der Waals surface area contributed by atoms with Gasteiger partial charge in [-0.25, -0.2) is 13.4 Å². The number of piperazine rings is 1. The monoisotopic (exact) mass is 591 g/mol. The second-order valence-corrected chi connectivity index (χ2v) is 13.5. The Labute approximate surface area is 238 Å². The van der Waals surface area contributed by atoms with E-state index in [1.807, 2.05) is 12.1 Å². The highest BCUT2D eigenvalue weighted by molar-refractivity contribution is 7.89. The number of halogens is 1. The van der Waals surface area contributed by atoms with Crippen LogP contribution in [0.25, 0.3) is 10.2 Å². The molecule has 3 heterocycles. The summed E-state index contributed by atoms with van der Waals surface area (Å²) in [6.45, 7) is 7.91. The summed E-state index contributed by atoms with van der Waals surface area (Å²) in [5.74, 6) is 0.958. The number of fused-ring (bicyclic) bond motifs is 1. The molecule has 2 aromatic carbocycles. The molecule has 1 aromatic heterocycles. The average Bonchev–Trinajstić information content (AvgIpc) is 3.38. The molecule has 2 saturated heterocycles. The van der Waals surface area contributed by atoms with Crippen molar-refractivity contribution in [3.05, 3.63) is 47.0 Å². The fourth-order valence-electron chi connectivity index (χ4n) is 5.01. The minimum atomic E-state index is -3.52. The summed E-state index contributed by atoms with van der Waals surface area (Å²) < 4.78 is 33.9. The van der Waals surface area contributed by atoms with Gasteiger partial charge < -0.3 is 15.0 Å². The van der Waals surface area contributed by atoms with E-state index in [1.165, 1.54) is 12.1 Å². The van der Waals surface area contributed by atoms with Gasteiger partial charge in [0.15, 0.2) is 10.9 Å². The van der Waals surface area contributed by atoms with E-state index in [0.717, 1.165) is 60.9 Å². The predicted octanol–water partition coefficient (Wildman–Crippen LogP) is 3.93. The lowest BCUT2D eigenvalue weighted by atomic mass is 10.0. The number of rotatable bonds is 8. The summed E-state index contributed by atoms with van der Waals surface area (Å²) in [4.78, 5) is 22.3. The van der Waals surface area contributed by atoms with E-state index in [1.54, 1.807) is 34.9 Å². The number of aromatic nitrogens is 1. The largest absolute Gasteiger partial charge is 0.493 e. The molecule has 2 fully saturated rings. The van der Waals surface area contributed by atoms with Gasteiger partial charge >= 0.3 is 0 Å². The highest BCUT2D eigenvalue weighted by Crippen LogP contribution is 2.38. The van der Waals surface area contributed by atoms with Crippen LogP contribution in [0.1, 0.15) is 30.1 Å². The molecule has 0 saturated carbocycles. The van der Waals surface area contributed by atoms with Gasteiger partial charge in [0.25, 0.3) is 5.91 Å². The summed E-state index contributed by atoms with van der Waals surface area (Å²) in [6, 6.07) is 10.1. The van der Waals surface area contributed by atoms with Crippen molar-refractivity contribution >= 4 is 54.2 Å². The molecule has 0 radical (unpaired) electrons. The van der Waals surface area contributed by atoms with Crippen LogP contribution in [0.5, 0.6) is 5.75 Å². The van der Waals surface area contributed by atoms with Crippen molar-refractivity contribution in [2.45, 2.75) is 24.7 Å². The number of piperidine rings is 1. The molecule has 0 spiro atoms. The summed E-state index contributed by atoms with van der Waals surface area (Å²) >= 11 is 7.88. The number of carbonyl (C=O) groups is 1. The van der Waals surface area contributed by atoms with E-state index in [2.05, 4.69) is 22.0 Å². The molecule has 1 amide bonds. The number of nitrogens with one attached hydrogen (secondary N) is 1. The van der Waals surface area contributed by atoms with Crippen LogP contribution in [0.3, 0.4) is 0 Å². The topological polar surface area (TPSA) is 95.1 Å². The van der Waals surface area contributed by atoms with E-state index in [4.69, 9.17) is 21.3 Å². The van der Waals surface area contributed by atoms with Gasteiger partial charge in [0.1, 0.15) is 5.52 Å². The number of thiazole rings is 1. The zero-order valence-electron chi connectivity index (χ0n) is 22.2. The SMILES string of the molecule is COc1c(Cl)ccc2sc(N3CCN(CCNC(=O)c4ccc(S(=O)(=O)N5CCC(C)CC5)cc4)CC3)nc12. The number of hydrogen-bond donors (Lipinski definition) is 1. The number of hydrogen-bond acceptors (Lipinski definition) is 8. The van der Waals surface area contributed by atoms with Gasteiger partial charge in [-0.2, -0.15) is 4.31 Å². The molecule has 0 aliphatic carbocycles. The Balaban J connectivity index is 1.09. The van der Waals surface area contributed by atoms with Crippen molar-refractivity contribution in [1.29, 1.82) is 0 Å². The number of nitrogens with zero attached hydrogens (tertiary/aromatic N) is 4. The van der Waals surface area contributed by atoms with E-state index in [-0.39, 0.29) is 10.8 Å². The van der Waals surface area contributed by atoms with Crippen molar-refractivity contribution in [3.63, 3.8) is 0 Å². The van der Waals surface area contributed by atoms with Gasteiger partial charge in [-0.05, 0) is 55.2 Å². The van der Waals surface area contributed by atoms with Crippen LogP contribution in [0.2, 0.25) is 5.02 Å². The quantitative estimate of drug-likeness (QED) is 0.424. The molecule has 5 rings (SSSR count). The third kappa shape index (κ3) is 6.17. The number of ether oxygens (including phenoxy) is 1.